The van der Waals surface area contributed by atoms with E-state index in [-0.39, 0.29) is 28.9 Å². The molecule has 1 amide bonds. The molecule has 1 fully saturated rings. The Balaban J connectivity index is 1.56. The highest BCUT2D eigenvalue weighted by Gasteiger charge is 2.31. The molecule has 1 aliphatic rings. The van der Waals surface area contributed by atoms with E-state index in [0.717, 1.165) is 18.9 Å². The minimum atomic E-state index is -0.572. The lowest BCUT2D eigenvalue weighted by Gasteiger charge is -2.03. The number of carbonyl (C=O) groups is 2. The number of hydrogen-bond acceptors (Lipinski definition) is 6. The number of amides is 1. The molecule has 0 bridgehead atoms. The number of aromatic hydroxyl groups is 2. The van der Waals surface area contributed by atoms with Gasteiger partial charge in [-0.1, -0.05) is 0 Å². The van der Waals surface area contributed by atoms with Gasteiger partial charge in [0, 0.05) is 11.6 Å². The third-order valence-corrected chi connectivity index (χ3v) is 3.55. The number of phenolic OH excluding ortho intramolecular Hbond substituents is 2. The third kappa shape index (κ3) is 4.57. The van der Waals surface area contributed by atoms with Crippen molar-refractivity contribution in [2.45, 2.75) is 12.8 Å². The van der Waals surface area contributed by atoms with Crippen LogP contribution in [0.3, 0.4) is 0 Å². The monoisotopic (exact) mass is 340 g/mol. The number of ether oxygens (including phenoxy) is 1. The number of rotatable bonds is 5. The van der Waals surface area contributed by atoms with Crippen molar-refractivity contribution in [2.75, 3.05) is 0 Å². The number of nitrogens with zero attached hydrogens (tertiary/aromatic N) is 1. The molecular weight excluding hydrogens is 324 g/mol. The Bertz CT molecular complexity index is 806. The van der Waals surface area contributed by atoms with Crippen molar-refractivity contribution in [3.8, 4) is 17.2 Å². The molecule has 0 heterocycles. The summed E-state index contributed by atoms with van der Waals surface area (Å²) in [5, 5.41) is 22.5. The van der Waals surface area contributed by atoms with Gasteiger partial charge in [0.1, 0.15) is 17.2 Å². The fourth-order valence-electron chi connectivity index (χ4n) is 2.10. The first-order valence-corrected chi connectivity index (χ1v) is 7.69. The number of nitrogens with one attached hydrogen (secondary N) is 1. The summed E-state index contributed by atoms with van der Waals surface area (Å²) >= 11 is 0. The lowest BCUT2D eigenvalue weighted by atomic mass is 10.2. The highest BCUT2D eigenvalue weighted by molar-refractivity contribution is 5.95. The van der Waals surface area contributed by atoms with Crippen LogP contribution < -0.4 is 10.2 Å². The number of carbonyl (C=O) groups excluding carboxylic acids is 2. The summed E-state index contributed by atoms with van der Waals surface area (Å²) < 4.78 is 5.22. The molecule has 2 aromatic rings. The molecule has 3 rings (SSSR count). The second kappa shape index (κ2) is 7.04. The minimum Gasteiger partial charge on any atom is -0.508 e. The molecule has 3 N–H and O–H groups in total. The number of hydrazone groups is 1. The smallest absolute Gasteiger partial charge is 0.314 e. The molecule has 1 aliphatic carbocycles. The Kier molecular flexibility index (Phi) is 4.65. The van der Waals surface area contributed by atoms with Crippen molar-refractivity contribution in [1.29, 1.82) is 0 Å². The third-order valence-electron chi connectivity index (χ3n) is 3.55. The van der Waals surface area contributed by atoms with Gasteiger partial charge < -0.3 is 14.9 Å². The van der Waals surface area contributed by atoms with Gasteiger partial charge in [-0.15, -0.1) is 0 Å². The SMILES string of the molecule is O=C(N/N=C\c1ccc(OC(=O)C2CC2)cc1)c1cc(O)cc(O)c1. The summed E-state index contributed by atoms with van der Waals surface area (Å²) in [5.41, 5.74) is 3.07. The van der Waals surface area contributed by atoms with E-state index in [9.17, 15) is 19.8 Å². The van der Waals surface area contributed by atoms with Crippen LogP contribution in [0.4, 0.5) is 0 Å². The molecule has 7 nitrogen and oxygen atoms in total. The second-order valence-corrected chi connectivity index (χ2v) is 5.70. The normalized spacial score (nSPS) is 13.6. The molecule has 7 heteroatoms. The first kappa shape index (κ1) is 16.5. The summed E-state index contributed by atoms with van der Waals surface area (Å²) in [6.45, 7) is 0. The van der Waals surface area contributed by atoms with Crippen molar-refractivity contribution in [1.82, 2.24) is 5.43 Å². The Morgan fingerprint density at radius 1 is 1.08 bits per heavy atom. The van der Waals surface area contributed by atoms with Gasteiger partial charge in [-0.3, -0.25) is 9.59 Å². The molecule has 1 saturated carbocycles. The van der Waals surface area contributed by atoms with Crippen LogP contribution in [0.25, 0.3) is 0 Å². The average Bonchev–Trinajstić information content (AvgIpc) is 3.40. The molecule has 0 atom stereocenters. The predicted molar refractivity (Wildman–Crippen MR) is 89.6 cm³/mol. The van der Waals surface area contributed by atoms with Gasteiger partial charge in [0.2, 0.25) is 0 Å². The molecule has 128 valence electrons. The summed E-state index contributed by atoms with van der Waals surface area (Å²) in [6.07, 6.45) is 3.20. The molecule has 0 radical (unpaired) electrons. The average molecular weight is 340 g/mol. The Morgan fingerprint density at radius 3 is 2.32 bits per heavy atom. The molecule has 0 aromatic heterocycles. The van der Waals surface area contributed by atoms with Crippen molar-refractivity contribution >= 4 is 18.1 Å². The number of benzene rings is 2. The van der Waals surface area contributed by atoms with Crippen LogP contribution in [0.5, 0.6) is 17.2 Å². The Hall–Kier alpha value is -3.35. The molecule has 0 aliphatic heterocycles. The van der Waals surface area contributed by atoms with Gasteiger partial charge in [-0.2, -0.15) is 5.10 Å². The first-order valence-electron chi connectivity index (χ1n) is 7.69. The standard InChI is InChI=1S/C18H16N2O5/c21-14-7-13(8-15(22)9-14)17(23)20-19-10-11-1-5-16(6-2-11)25-18(24)12-3-4-12/h1-2,5-10,12,21-22H,3-4H2,(H,20,23)/b19-10-. The predicted octanol–water partition coefficient (Wildman–Crippen LogP) is 2.18. The minimum absolute atomic E-state index is 0.0355. The van der Waals surface area contributed by atoms with Gasteiger partial charge >= 0.3 is 5.97 Å². The maximum Gasteiger partial charge on any atom is 0.314 e. The fourth-order valence-corrected chi connectivity index (χ4v) is 2.10. The van der Waals surface area contributed by atoms with Gasteiger partial charge in [0.25, 0.3) is 5.91 Å². The lowest BCUT2D eigenvalue weighted by molar-refractivity contribution is -0.135. The van der Waals surface area contributed by atoms with E-state index >= 15 is 0 Å². The van der Waals surface area contributed by atoms with Crippen molar-refractivity contribution in [3.63, 3.8) is 0 Å². The maximum atomic E-state index is 11.9. The van der Waals surface area contributed by atoms with Crippen LogP contribution in [0.15, 0.2) is 47.6 Å². The van der Waals surface area contributed by atoms with Crippen molar-refractivity contribution < 1.29 is 24.5 Å². The van der Waals surface area contributed by atoms with Crippen LogP contribution >= 0.6 is 0 Å². The van der Waals surface area contributed by atoms with Crippen molar-refractivity contribution in [2.24, 2.45) is 11.0 Å². The lowest BCUT2D eigenvalue weighted by Crippen LogP contribution is -2.17. The second-order valence-electron chi connectivity index (χ2n) is 5.70. The molecular formula is C18H16N2O5. The van der Waals surface area contributed by atoms with Crippen LogP contribution in [-0.4, -0.2) is 28.3 Å². The molecule has 2 aromatic carbocycles. The Labute approximate surface area is 143 Å². The molecule has 0 spiro atoms. The van der Waals surface area contributed by atoms with E-state index in [1.165, 1.54) is 18.3 Å². The van der Waals surface area contributed by atoms with E-state index in [0.29, 0.717) is 11.3 Å². The van der Waals surface area contributed by atoms with Gasteiger partial charge in [0.05, 0.1) is 12.1 Å². The first-order chi connectivity index (χ1) is 12.0. The number of hydrogen-bond donors (Lipinski definition) is 3. The molecule has 25 heavy (non-hydrogen) atoms. The zero-order valence-corrected chi connectivity index (χ0v) is 13.2. The maximum absolute atomic E-state index is 11.9. The quantitative estimate of drug-likeness (QED) is 0.335. The Morgan fingerprint density at radius 2 is 1.72 bits per heavy atom. The van der Waals surface area contributed by atoms with Gasteiger partial charge in [-0.25, -0.2) is 5.43 Å². The topological polar surface area (TPSA) is 108 Å². The van der Waals surface area contributed by atoms with Crippen LogP contribution in [0, 0.1) is 5.92 Å². The summed E-state index contributed by atoms with van der Waals surface area (Å²) in [6, 6.07) is 10.3. The van der Waals surface area contributed by atoms with E-state index in [4.69, 9.17) is 4.74 Å². The van der Waals surface area contributed by atoms with E-state index in [1.54, 1.807) is 24.3 Å². The van der Waals surface area contributed by atoms with E-state index in [1.807, 2.05) is 0 Å². The van der Waals surface area contributed by atoms with E-state index < -0.39 is 5.91 Å². The van der Waals surface area contributed by atoms with E-state index in [2.05, 4.69) is 10.5 Å². The van der Waals surface area contributed by atoms with Gasteiger partial charge in [0.15, 0.2) is 0 Å². The summed E-state index contributed by atoms with van der Waals surface area (Å²) in [5.74, 6) is -0.710. The van der Waals surface area contributed by atoms with Crippen molar-refractivity contribution in [3.05, 3.63) is 53.6 Å². The number of esters is 1. The number of phenols is 2. The zero-order valence-electron chi connectivity index (χ0n) is 13.2. The summed E-state index contributed by atoms with van der Waals surface area (Å²) in [7, 11) is 0. The highest BCUT2D eigenvalue weighted by atomic mass is 16.5. The van der Waals surface area contributed by atoms with Crippen LogP contribution in [0.1, 0.15) is 28.8 Å². The zero-order chi connectivity index (χ0) is 17.8. The largest absolute Gasteiger partial charge is 0.508 e. The van der Waals surface area contributed by atoms with Crippen LogP contribution in [-0.2, 0) is 4.79 Å². The molecule has 0 saturated heterocycles. The fraction of sp³-hybridized carbons (Fsp3) is 0.167. The molecule has 0 unspecified atom stereocenters. The van der Waals surface area contributed by atoms with Gasteiger partial charge in [-0.05, 0) is 54.8 Å². The van der Waals surface area contributed by atoms with Crippen LogP contribution in [0.2, 0.25) is 0 Å². The highest BCUT2D eigenvalue weighted by Crippen LogP contribution is 2.30. The summed E-state index contributed by atoms with van der Waals surface area (Å²) in [4.78, 5) is 23.4.